The molecule has 0 radical (unpaired) electrons. The van der Waals surface area contributed by atoms with Crippen LogP contribution in [0.1, 0.15) is 32.1 Å². The van der Waals surface area contributed by atoms with E-state index in [-0.39, 0.29) is 31.5 Å². The van der Waals surface area contributed by atoms with Crippen LogP contribution in [0.15, 0.2) is 23.7 Å². The summed E-state index contributed by atoms with van der Waals surface area (Å²) in [6, 6.07) is 0. The minimum Gasteiger partial charge on any atom is -0.501 e. The van der Waals surface area contributed by atoms with Crippen molar-refractivity contribution in [1.29, 1.82) is 0 Å². The Labute approximate surface area is 144 Å². The van der Waals surface area contributed by atoms with Crippen molar-refractivity contribution in [2.45, 2.75) is 50.0 Å². The van der Waals surface area contributed by atoms with Gasteiger partial charge in [-0.3, -0.25) is 0 Å². The summed E-state index contributed by atoms with van der Waals surface area (Å²) in [5.41, 5.74) is -1.49. The van der Waals surface area contributed by atoms with E-state index >= 15 is 0 Å². The average Bonchev–Trinajstić information content (AvgIpc) is 2.54. The van der Waals surface area contributed by atoms with Crippen molar-refractivity contribution in [2.24, 2.45) is 5.92 Å². The average molecular weight is 367 g/mol. The van der Waals surface area contributed by atoms with Crippen LogP contribution < -0.4 is 5.32 Å². The van der Waals surface area contributed by atoms with Crippen LogP contribution >= 0.6 is 0 Å². The van der Waals surface area contributed by atoms with Crippen LogP contribution in [0.4, 0.5) is 17.6 Å². The smallest absolute Gasteiger partial charge is 0.389 e. The molecule has 0 aromatic heterocycles. The highest BCUT2D eigenvalue weighted by Gasteiger charge is 2.42. The summed E-state index contributed by atoms with van der Waals surface area (Å²) >= 11 is 0. The van der Waals surface area contributed by atoms with Crippen LogP contribution in [-0.4, -0.2) is 49.8 Å². The van der Waals surface area contributed by atoms with Gasteiger partial charge in [0.1, 0.15) is 5.83 Å². The Morgan fingerprint density at radius 1 is 1.32 bits per heavy atom. The third kappa shape index (κ3) is 5.97. The van der Waals surface area contributed by atoms with Crippen LogP contribution in [0, 0.1) is 5.92 Å². The van der Waals surface area contributed by atoms with E-state index < -0.39 is 30.2 Å². The second-order valence-electron chi connectivity index (χ2n) is 6.63. The molecule has 1 aliphatic heterocycles. The van der Waals surface area contributed by atoms with Crippen LogP contribution in [0.2, 0.25) is 0 Å². The third-order valence-electron chi connectivity index (χ3n) is 4.70. The molecule has 2 aliphatic rings. The molecule has 4 nitrogen and oxygen atoms in total. The van der Waals surface area contributed by atoms with Gasteiger partial charge in [0.25, 0.3) is 0 Å². The van der Waals surface area contributed by atoms with E-state index in [4.69, 9.17) is 9.47 Å². The molecule has 1 fully saturated rings. The normalized spacial score (nSPS) is 27.3. The first-order chi connectivity index (χ1) is 11.7. The topological polar surface area (TPSA) is 50.7 Å². The van der Waals surface area contributed by atoms with E-state index in [1.54, 1.807) is 0 Å². The predicted molar refractivity (Wildman–Crippen MR) is 84.5 cm³/mol. The number of hydrogen-bond donors (Lipinski definition) is 2. The summed E-state index contributed by atoms with van der Waals surface area (Å²) in [6.45, 7) is 1.34. The Kier molecular flexibility index (Phi) is 6.87. The zero-order valence-electron chi connectivity index (χ0n) is 14.2. The Morgan fingerprint density at radius 3 is 2.68 bits per heavy atom. The molecule has 0 aromatic carbocycles. The molecule has 144 valence electrons. The standard InChI is InChI=1S/C17H25F4NO3/c1-24-14-4-3-13(18)9-12(14)10-16(23,5-2-6-17(19,20)21)15-11-22-7-8-25-15/h3-4,12,15,22-23H,2,5-11H2,1H3. The van der Waals surface area contributed by atoms with Crippen molar-refractivity contribution < 1.29 is 32.1 Å². The van der Waals surface area contributed by atoms with E-state index in [1.165, 1.54) is 19.3 Å². The fourth-order valence-corrected chi connectivity index (χ4v) is 3.45. The maximum atomic E-state index is 13.7. The lowest BCUT2D eigenvalue weighted by molar-refractivity contribution is -0.152. The number of aliphatic hydroxyl groups is 1. The molecule has 0 amide bonds. The fraction of sp³-hybridized carbons (Fsp3) is 0.765. The van der Waals surface area contributed by atoms with Gasteiger partial charge in [-0.25, -0.2) is 4.39 Å². The first-order valence-electron chi connectivity index (χ1n) is 8.45. The van der Waals surface area contributed by atoms with Gasteiger partial charge >= 0.3 is 6.18 Å². The Morgan fingerprint density at radius 2 is 2.08 bits per heavy atom. The van der Waals surface area contributed by atoms with Crippen LogP contribution in [0.25, 0.3) is 0 Å². The lowest BCUT2D eigenvalue weighted by Gasteiger charge is -2.41. The molecule has 1 heterocycles. The van der Waals surface area contributed by atoms with Crippen molar-refractivity contribution in [1.82, 2.24) is 5.32 Å². The molecule has 2 rings (SSSR count). The van der Waals surface area contributed by atoms with Crippen molar-refractivity contribution in [3.63, 3.8) is 0 Å². The van der Waals surface area contributed by atoms with Gasteiger partial charge in [0.2, 0.25) is 0 Å². The molecule has 0 spiro atoms. The molecule has 3 atom stereocenters. The summed E-state index contributed by atoms with van der Waals surface area (Å²) in [5, 5.41) is 14.2. The number of morpholine rings is 1. The van der Waals surface area contributed by atoms with Crippen molar-refractivity contribution in [3.05, 3.63) is 23.7 Å². The molecule has 0 aromatic rings. The lowest BCUT2D eigenvalue weighted by Crippen LogP contribution is -2.54. The van der Waals surface area contributed by atoms with Gasteiger partial charge in [-0.05, 0) is 31.4 Å². The number of alkyl halides is 3. The molecule has 1 saturated heterocycles. The predicted octanol–water partition coefficient (Wildman–Crippen LogP) is 3.23. The molecule has 8 heteroatoms. The molecule has 3 unspecified atom stereocenters. The second-order valence-corrected chi connectivity index (χ2v) is 6.63. The number of hydrogen-bond acceptors (Lipinski definition) is 4. The van der Waals surface area contributed by atoms with Gasteiger partial charge < -0.3 is 19.9 Å². The molecular weight excluding hydrogens is 342 g/mol. The summed E-state index contributed by atoms with van der Waals surface area (Å²) in [7, 11) is 1.46. The third-order valence-corrected chi connectivity index (χ3v) is 4.70. The summed E-state index contributed by atoms with van der Waals surface area (Å²) in [5.74, 6) is -0.262. The molecule has 1 aliphatic carbocycles. The van der Waals surface area contributed by atoms with Gasteiger partial charge in [-0.1, -0.05) is 0 Å². The molecule has 2 N–H and O–H groups in total. The van der Waals surface area contributed by atoms with Gasteiger partial charge in [-0.15, -0.1) is 0 Å². The minimum absolute atomic E-state index is 0.0569. The van der Waals surface area contributed by atoms with Crippen LogP contribution in [0.3, 0.4) is 0 Å². The first-order valence-corrected chi connectivity index (χ1v) is 8.45. The summed E-state index contributed by atoms with van der Waals surface area (Å²) in [6.07, 6.45) is -3.23. The van der Waals surface area contributed by atoms with E-state index in [2.05, 4.69) is 5.32 Å². The van der Waals surface area contributed by atoms with E-state index in [9.17, 15) is 22.7 Å². The second kappa shape index (κ2) is 8.51. The molecule has 25 heavy (non-hydrogen) atoms. The Bertz CT molecular complexity index is 501. The monoisotopic (exact) mass is 367 g/mol. The Balaban J connectivity index is 2.10. The number of rotatable bonds is 7. The van der Waals surface area contributed by atoms with Gasteiger partial charge in [0.05, 0.1) is 31.2 Å². The highest BCUT2D eigenvalue weighted by Crippen LogP contribution is 2.38. The van der Waals surface area contributed by atoms with E-state index in [1.807, 2.05) is 0 Å². The van der Waals surface area contributed by atoms with Crippen LogP contribution in [0.5, 0.6) is 0 Å². The van der Waals surface area contributed by atoms with Crippen molar-refractivity contribution in [3.8, 4) is 0 Å². The zero-order valence-corrected chi connectivity index (χ0v) is 14.2. The lowest BCUT2D eigenvalue weighted by atomic mass is 9.78. The van der Waals surface area contributed by atoms with Crippen molar-refractivity contribution >= 4 is 0 Å². The number of allylic oxidation sites excluding steroid dienone is 4. The Hall–Kier alpha value is -1.12. The minimum atomic E-state index is -4.27. The summed E-state index contributed by atoms with van der Waals surface area (Å²) in [4.78, 5) is 0. The van der Waals surface area contributed by atoms with Gasteiger partial charge in [0.15, 0.2) is 0 Å². The number of halogens is 4. The van der Waals surface area contributed by atoms with Crippen LogP contribution in [-0.2, 0) is 9.47 Å². The maximum absolute atomic E-state index is 13.7. The number of methoxy groups -OCH3 is 1. The van der Waals surface area contributed by atoms with Gasteiger partial charge in [0, 0.05) is 31.8 Å². The fourth-order valence-electron chi connectivity index (χ4n) is 3.45. The first kappa shape index (κ1) is 20.2. The van der Waals surface area contributed by atoms with E-state index in [0.29, 0.717) is 25.5 Å². The highest BCUT2D eigenvalue weighted by atomic mass is 19.4. The molecule has 0 bridgehead atoms. The highest BCUT2D eigenvalue weighted by molar-refractivity contribution is 5.20. The largest absolute Gasteiger partial charge is 0.501 e. The zero-order chi connectivity index (χ0) is 18.5. The number of ether oxygens (including phenoxy) is 2. The van der Waals surface area contributed by atoms with Gasteiger partial charge in [-0.2, -0.15) is 13.2 Å². The quantitative estimate of drug-likeness (QED) is 0.679. The number of nitrogens with one attached hydrogen (secondary N) is 1. The van der Waals surface area contributed by atoms with E-state index in [0.717, 1.165) is 0 Å². The van der Waals surface area contributed by atoms with Crippen molar-refractivity contribution in [2.75, 3.05) is 26.8 Å². The SMILES string of the molecule is COC1=CC=C(F)CC1CC(O)(CCCC(F)(F)F)C1CNCCO1. The molecule has 0 saturated carbocycles. The maximum Gasteiger partial charge on any atom is 0.389 e. The molecular formula is C17H25F4NO3. The summed E-state index contributed by atoms with van der Waals surface area (Å²) < 4.78 is 62.0.